The van der Waals surface area contributed by atoms with Crippen LogP contribution in [0.1, 0.15) is 16.7 Å². The molecule has 3 nitrogen and oxygen atoms in total. The molecule has 2 rings (SSSR count). The zero-order valence-electron chi connectivity index (χ0n) is 11.3. The van der Waals surface area contributed by atoms with Gasteiger partial charge in [-0.2, -0.15) is 0 Å². The molecule has 2 aromatic carbocycles. The molecule has 0 saturated heterocycles. The van der Waals surface area contributed by atoms with Crippen LogP contribution in [-0.2, 0) is 10.0 Å². The van der Waals surface area contributed by atoms with Crippen molar-refractivity contribution in [3.8, 4) is 0 Å². The van der Waals surface area contributed by atoms with E-state index in [4.69, 9.17) is 0 Å². The second-order valence-electron chi connectivity index (χ2n) is 4.75. The number of aryl methyl sites for hydroxylation is 3. The Morgan fingerprint density at radius 2 is 1.47 bits per heavy atom. The predicted molar refractivity (Wildman–Crippen MR) is 77.9 cm³/mol. The van der Waals surface area contributed by atoms with Crippen LogP contribution in [0.25, 0.3) is 0 Å². The van der Waals surface area contributed by atoms with Crippen LogP contribution < -0.4 is 4.72 Å². The highest BCUT2D eigenvalue weighted by atomic mass is 32.2. The van der Waals surface area contributed by atoms with Gasteiger partial charge in [0.15, 0.2) is 0 Å². The molecule has 0 unspecified atom stereocenters. The molecule has 0 bridgehead atoms. The summed E-state index contributed by atoms with van der Waals surface area (Å²) >= 11 is 0. The summed E-state index contributed by atoms with van der Waals surface area (Å²) in [6.07, 6.45) is 0. The maximum Gasteiger partial charge on any atom is 0.262 e. The fourth-order valence-electron chi connectivity index (χ4n) is 2.10. The number of anilines is 1. The molecule has 0 heterocycles. The van der Waals surface area contributed by atoms with Gasteiger partial charge in [0.05, 0.1) is 4.90 Å². The molecule has 0 saturated carbocycles. The molecule has 0 spiro atoms. The Bertz CT molecular complexity index is 686. The van der Waals surface area contributed by atoms with E-state index >= 15 is 0 Å². The molecule has 1 N–H and O–H groups in total. The van der Waals surface area contributed by atoms with Crippen molar-refractivity contribution in [2.45, 2.75) is 25.7 Å². The van der Waals surface area contributed by atoms with Crippen LogP contribution in [0.15, 0.2) is 47.4 Å². The van der Waals surface area contributed by atoms with Crippen LogP contribution in [0.5, 0.6) is 0 Å². The minimum atomic E-state index is -3.53. The van der Waals surface area contributed by atoms with E-state index in [0.29, 0.717) is 10.6 Å². The third kappa shape index (κ3) is 3.15. The van der Waals surface area contributed by atoms with Gasteiger partial charge in [0.2, 0.25) is 0 Å². The minimum Gasteiger partial charge on any atom is -0.280 e. The van der Waals surface area contributed by atoms with E-state index in [1.807, 2.05) is 38.1 Å². The van der Waals surface area contributed by atoms with Crippen molar-refractivity contribution < 1.29 is 8.42 Å². The molecule has 0 aliphatic rings. The highest BCUT2D eigenvalue weighted by Crippen LogP contribution is 2.20. The average Bonchev–Trinajstić information content (AvgIpc) is 2.26. The fourth-order valence-corrected chi connectivity index (χ4v) is 3.39. The van der Waals surface area contributed by atoms with Gasteiger partial charge in [0.25, 0.3) is 10.0 Å². The molecule has 4 heteroatoms. The number of hydrogen-bond acceptors (Lipinski definition) is 2. The van der Waals surface area contributed by atoms with E-state index < -0.39 is 10.0 Å². The van der Waals surface area contributed by atoms with Gasteiger partial charge in [-0.3, -0.25) is 4.72 Å². The first-order valence-electron chi connectivity index (χ1n) is 6.05. The topological polar surface area (TPSA) is 46.2 Å². The fraction of sp³-hybridized carbons (Fsp3) is 0.200. The lowest BCUT2D eigenvalue weighted by Crippen LogP contribution is -2.14. The minimum absolute atomic E-state index is 0.314. The Balaban J connectivity index is 2.39. The summed E-state index contributed by atoms with van der Waals surface area (Å²) in [5.41, 5.74) is 3.39. The lowest BCUT2D eigenvalue weighted by Gasteiger charge is -2.11. The molecule has 19 heavy (non-hydrogen) atoms. The molecule has 0 fully saturated rings. The lowest BCUT2D eigenvalue weighted by atomic mass is 10.1. The monoisotopic (exact) mass is 275 g/mol. The second kappa shape index (κ2) is 5.05. The Kier molecular flexibility index (Phi) is 3.62. The van der Waals surface area contributed by atoms with Crippen molar-refractivity contribution in [1.82, 2.24) is 0 Å². The zero-order chi connectivity index (χ0) is 14.0. The SMILES string of the molecule is Cc1cc(C)cc(NS(=O)(=O)c2ccccc2C)c1. The highest BCUT2D eigenvalue weighted by molar-refractivity contribution is 7.92. The Morgan fingerprint density at radius 3 is 2.05 bits per heavy atom. The molecule has 0 radical (unpaired) electrons. The summed E-state index contributed by atoms with van der Waals surface area (Å²) in [6.45, 7) is 5.67. The molecule has 100 valence electrons. The van der Waals surface area contributed by atoms with Gasteiger partial charge in [-0.05, 0) is 55.7 Å². The van der Waals surface area contributed by atoms with Gasteiger partial charge in [-0.15, -0.1) is 0 Å². The van der Waals surface area contributed by atoms with Gasteiger partial charge < -0.3 is 0 Å². The zero-order valence-corrected chi connectivity index (χ0v) is 12.1. The van der Waals surface area contributed by atoms with E-state index in [-0.39, 0.29) is 0 Å². The Labute approximate surface area is 114 Å². The molecule has 0 atom stereocenters. The van der Waals surface area contributed by atoms with E-state index in [1.54, 1.807) is 25.1 Å². The summed E-state index contributed by atoms with van der Waals surface area (Å²) in [4.78, 5) is 0.314. The maximum atomic E-state index is 12.3. The first-order chi connectivity index (χ1) is 8.88. The molecule has 0 aromatic heterocycles. The van der Waals surface area contributed by atoms with Gasteiger partial charge >= 0.3 is 0 Å². The Morgan fingerprint density at radius 1 is 0.895 bits per heavy atom. The number of rotatable bonds is 3. The lowest BCUT2D eigenvalue weighted by molar-refractivity contribution is 0.600. The number of sulfonamides is 1. The van der Waals surface area contributed by atoms with Crippen LogP contribution in [0.4, 0.5) is 5.69 Å². The van der Waals surface area contributed by atoms with Gasteiger partial charge in [-0.25, -0.2) is 8.42 Å². The maximum absolute atomic E-state index is 12.3. The molecule has 0 aliphatic carbocycles. The van der Waals surface area contributed by atoms with E-state index in [0.717, 1.165) is 16.7 Å². The summed E-state index contributed by atoms with van der Waals surface area (Å²) in [5.74, 6) is 0. The van der Waals surface area contributed by atoms with Crippen molar-refractivity contribution >= 4 is 15.7 Å². The first-order valence-corrected chi connectivity index (χ1v) is 7.53. The van der Waals surface area contributed by atoms with Crippen LogP contribution in [-0.4, -0.2) is 8.42 Å². The Hall–Kier alpha value is -1.81. The van der Waals surface area contributed by atoms with Crippen LogP contribution in [0.2, 0.25) is 0 Å². The predicted octanol–water partition coefficient (Wildman–Crippen LogP) is 3.41. The number of nitrogens with one attached hydrogen (secondary N) is 1. The summed E-state index contributed by atoms with van der Waals surface area (Å²) in [5, 5.41) is 0. The second-order valence-corrected chi connectivity index (χ2v) is 6.40. The smallest absolute Gasteiger partial charge is 0.262 e. The standard InChI is InChI=1S/C15H17NO2S/c1-11-8-12(2)10-14(9-11)16-19(17,18)15-7-5-4-6-13(15)3/h4-10,16H,1-3H3. The first kappa shape index (κ1) is 13.6. The number of benzene rings is 2. The van der Waals surface area contributed by atoms with Crippen molar-refractivity contribution in [2.24, 2.45) is 0 Å². The van der Waals surface area contributed by atoms with Crippen molar-refractivity contribution in [1.29, 1.82) is 0 Å². The summed E-state index contributed by atoms with van der Waals surface area (Å²) in [6, 6.07) is 12.6. The molecule has 0 amide bonds. The van der Waals surface area contributed by atoms with Crippen molar-refractivity contribution in [3.63, 3.8) is 0 Å². The van der Waals surface area contributed by atoms with Crippen molar-refractivity contribution in [3.05, 3.63) is 59.2 Å². The molecule has 0 aliphatic heterocycles. The van der Waals surface area contributed by atoms with Crippen molar-refractivity contribution in [2.75, 3.05) is 4.72 Å². The van der Waals surface area contributed by atoms with Gasteiger partial charge in [-0.1, -0.05) is 24.3 Å². The quantitative estimate of drug-likeness (QED) is 0.933. The largest absolute Gasteiger partial charge is 0.280 e. The van der Waals surface area contributed by atoms with E-state index in [1.165, 1.54) is 0 Å². The summed E-state index contributed by atoms with van der Waals surface area (Å²) < 4.78 is 27.3. The van der Waals surface area contributed by atoms with Crippen LogP contribution >= 0.6 is 0 Å². The van der Waals surface area contributed by atoms with E-state index in [2.05, 4.69) is 4.72 Å². The van der Waals surface area contributed by atoms with Crippen LogP contribution in [0, 0.1) is 20.8 Å². The third-order valence-corrected chi connectivity index (χ3v) is 4.40. The molecule has 2 aromatic rings. The van der Waals surface area contributed by atoms with Crippen LogP contribution in [0.3, 0.4) is 0 Å². The summed E-state index contributed by atoms with van der Waals surface area (Å²) in [7, 11) is -3.53. The third-order valence-electron chi connectivity index (χ3n) is 2.86. The van der Waals surface area contributed by atoms with Gasteiger partial charge in [0, 0.05) is 5.69 Å². The van der Waals surface area contributed by atoms with Gasteiger partial charge in [0.1, 0.15) is 0 Å². The highest BCUT2D eigenvalue weighted by Gasteiger charge is 2.16. The normalized spacial score (nSPS) is 11.3. The average molecular weight is 275 g/mol. The number of hydrogen-bond donors (Lipinski definition) is 1. The molecular weight excluding hydrogens is 258 g/mol. The molecular formula is C15H17NO2S. The van der Waals surface area contributed by atoms with E-state index in [9.17, 15) is 8.42 Å².